The number of hydrogen-bond donors (Lipinski definition) is 3. The topological polar surface area (TPSA) is 69.9 Å². The lowest BCUT2D eigenvalue weighted by molar-refractivity contribution is 0.0337. The molecule has 1 aliphatic heterocycles. The van der Waals surface area contributed by atoms with Crippen molar-refractivity contribution < 1.29 is 20.1 Å². The van der Waals surface area contributed by atoms with E-state index in [9.17, 15) is 15.3 Å². The molecule has 5 heteroatoms. The Labute approximate surface area is 97.9 Å². The summed E-state index contributed by atoms with van der Waals surface area (Å²) in [4.78, 5) is 0.750. The van der Waals surface area contributed by atoms with Gasteiger partial charge in [-0.2, -0.15) is 0 Å². The van der Waals surface area contributed by atoms with Gasteiger partial charge in [-0.1, -0.05) is 12.1 Å². The van der Waals surface area contributed by atoms with Crippen molar-refractivity contribution in [2.75, 3.05) is 12.4 Å². The van der Waals surface area contributed by atoms with Crippen LogP contribution < -0.4 is 0 Å². The number of rotatable bonds is 3. The molecule has 0 amide bonds. The van der Waals surface area contributed by atoms with Crippen LogP contribution in [-0.2, 0) is 4.74 Å². The second kappa shape index (κ2) is 5.05. The van der Waals surface area contributed by atoms with Crippen molar-refractivity contribution in [3.8, 4) is 5.75 Å². The summed E-state index contributed by atoms with van der Waals surface area (Å²) in [5, 5.41) is 28.4. The van der Waals surface area contributed by atoms with Crippen LogP contribution in [0.3, 0.4) is 0 Å². The fraction of sp³-hybridized carbons (Fsp3) is 0.455. The van der Waals surface area contributed by atoms with E-state index in [1.807, 2.05) is 6.07 Å². The van der Waals surface area contributed by atoms with Gasteiger partial charge in [-0.25, -0.2) is 0 Å². The van der Waals surface area contributed by atoms with Gasteiger partial charge in [0.2, 0.25) is 0 Å². The van der Waals surface area contributed by atoms with E-state index in [0.29, 0.717) is 5.75 Å². The molecule has 1 heterocycles. The number of phenols is 1. The van der Waals surface area contributed by atoms with Gasteiger partial charge in [0.05, 0.1) is 12.7 Å². The minimum Gasteiger partial charge on any atom is -0.507 e. The van der Waals surface area contributed by atoms with Crippen LogP contribution in [0.5, 0.6) is 5.75 Å². The first-order valence-corrected chi connectivity index (χ1v) is 6.05. The van der Waals surface area contributed by atoms with Crippen molar-refractivity contribution >= 4 is 11.8 Å². The molecule has 1 fully saturated rings. The number of benzene rings is 1. The largest absolute Gasteiger partial charge is 0.507 e. The maximum Gasteiger partial charge on any atom is 0.129 e. The number of thioether (sulfide) groups is 1. The average molecular weight is 242 g/mol. The first kappa shape index (κ1) is 11.7. The molecule has 88 valence electrons. The van der Waals surface area contributed by atoms with Crippen LogP contribution in [0.25, 0.3) is 0 Å². The zero-order valence-corrected chi connectivity index (χ0v) is 9.43. The molecule has 0 radical (unpaired) electrons. The van der Waals surface area contributed by atoms with E-state index in [0.717, 1.165) is 4.90 Å². The standard InChI is InChI=1S/C11H14O4S/c12-7-3-1-2-4-10(7)16-6-9-11(14)8(13)5-15-9/h1-4,8-9,11-14H,5-6H2. The SMILES string of the molecule is Oc1ccccc1SCC1OCC(O)C1O. The van der Waals surface area contributed by atoms with Crippen molar-refractivity contribution in [1.82, 2.24) is 0 Å². The van der Waals surface area contributed by atoms with Crippen LogP contribution in [0.1, 0.15) is 0 Å². The van der Waals surface area contributed by atoms with Crippen LogP contribution in [0.4, 0.5) is 0 Å². The molecule has 0 bridgehead atoms. The predicted molar refractivity (Wildman–Crippen MR) is 60.6 cm³/mol. The van der Waals surface area contributed by atoms with Crippen molar-refractivity contribution in [2.24, 2.45) is 0 Å². The second-order valence-electron chi connectivity index (χ2n) is 3.71. The smallest absolute Gasteiger partial charge is 0.129 e. The molecule has 0 saturated carbocycles. The molecule has 1 aromatic rings. The summed E-state index contributed by atoms with van der Waals surface area (Å²) in [5.41, 5.74) is 0. The van der Waals surface area contributed by atoms with Crippen LogP contribution in [0.2, 0.25) is 0 Å². The van der Waals surface area contributed by atoms with E-state index < -0.39 is 12.2 Å². The monoisotopic (exact) mass is 242 g/mol. The van der Waals surface area contributed by atoms with E-state index >= 15 is 0 Å². The first-order chi connectivity index (χ1) is 7.68. The molecule has 0 aliphatic carbocycles. The number of aliphatic hydroxyl groups excluding tert-OH is 2. The van der Waals surface area contributed by atoms with Crippen molar-refractivity contribution in [1.29, 1.82) is 0 Å². The van der Waals surface area contributed by atoms with Gasteiger partial charge in [-0.3, -0.25) is 0 Å². The quantitative estimate of drug-likeness (QED) is 0.677. The lowest BCUT2D eigenvalue weighted by Crippen LogP contribution is -2.31. The van der Waals surface area contributed by atoms with Crippen LogP contribution >= 0.6 is 11.8 Å². The molecule has 2 rings (SSSR count). The van der Waals surface area contributed by atoms with Gasteiger partial charge in [0.1, 0.15) is 18.0 Å². The number of aliphatic hydroxyl groups is 2. The number of aromatic hydroxyl groups is 1. The highest BCUT2D eigenvalue weighted by Gasteiger charge is 2.34. The van der Waals surface area contributed by atoms with E-state index in [1.165, 1.54) is 11.8 Å². The molecule has 0 aromatic heterocycles. The maximum absolute atomic E-state index is 9.55. The van der Waals surface area contributed by atoms with E-state index in [4.69, 9.17) is 4.74 Å². The third kappa shape index (κ3) is 2.49. The predicted octanol–water partition coefficient (Wildman–Crippen LogP) is 0.605. The Morgan fingerprint density at radius 3 is 2.69 bits per heavy atom. The number of phenolic OH excluding ortho intramolecular Hbond substituents is 1. The van der Waals surface area contributed by atoms with Gasteiger partial charge in [0.25, 0.3) is 0 Å². The Bertz CT molecular complexity index is 358. The summed E-state index contributed by atoms with van der Waals surface area (Å²) in [5.74, 6) is 0.732. The third-order valence-corrected chi connectivity index (χ3v) is 3.68. The Morgan fingerprint density at radius 1 is 1.31 bits per heavy atom. The summed E-state index contributed by atoms with van der Waals surface area (Å²) in [6, 6.07) is 7.01. The van der Waals surface area contributed by atoms with Gasteiger partial charge in [-0.15, -0.1) is 11.8 Å². The minimum atomic E-state index is -0.835. The Morgan fingerprint density at radius 2 is 2.06 bits per heavy atom. The highest BCUT2D eigenvalue weighted by Crippen LogP contribution is 2.30. The summed E-state index contributed by atoms with van der Waals surface area (Å²) in [6.07, 6.45) is -2.01. The van der Waals surface area contributed by atoms with Gasteiger partial charge < -0.3 is 20.1 Å². The molecular formula is C11H14O4S. The van der Waals surface area contributed by atoms with E-state index in [1.54, 1.807) is 18.2 Å². The van der Waals surface area contributed by atoms with Gasteiger partial charge in [0.15, 0.2) is 0 Å². The normalized spacial score (nSPS) is 29.5. The molecule has 1 aromatic carbocycles. The minimum absolute atomic E-state index is 0.174. The summed E-state index contributed by atoms with van der Waals surface area (Å²) in [7, 11) is 0. The molecule has 3 unspecified atom stereocenters. The highest BCUT2D eigenvalue weighted by atomic mass is 32.2. The molecule has 4 nitrogen and oxygen atoms in total. The maximum atomic E-state index is 9.55. The van der Waals surface area contributed by atoms with Gasteiger partial charge in [0, 0.05) is 10.6 Å². The van der Waals surface area contributed by atoms with Gasteiger partial charge >= 0.3 is 0 Å². The zero-order chi connectivity index (χ0) is 11.5. The zero-order valence-electron chi connectivity index (χ0n) is 8.61. The third-order valence-electron chi connectivity index (χ3n) is 2.52. The number of ether oxygens (including phenoxy) is 1. The first-order valence-electron chi connectivity index (χ1n) is 5.07. The molecule has 3 atom stereocenters. The van der Waals surface area contributed by atoms with Crippen molar-refractivity contribution in [3.05, 3.63) is 24.3 Å². The van der Waals surface area contributed by atoms with E-state index in [-0.39, 0.29) is 18.5 Å². The summed E-state index contributed by atoms with van der Waals surface area (Å²) >= 11 is 1.40. The lowest BCUT2D eigenvalue weighted by Gasteiger charge is -2.14. The fourth-order valence-electron chi connectivity index (χ4n) is 1.56. The average Bonchev–Trinajstić information content (AvgIpc) is 2.59. The Hall–Kier alpha value is -0.750. The summed E-state index contributed by atoms with van der Waals surface area (Å²) < 4.78 is 5.24. The molecule has 1 aliphatic rings. The van der Waals surface area contributed by atoms with Crippen LogP contribution in [0, 0.1) is 0 Å². The molecule has 3 N–H and O–H groups in total. The van der Waals surface area contributed by atoms with Crippen LogP contribution in [0.15, 0.2) is 29.2 Å². The Balaban J connectivity index is 1.91. The number of hydrogen-bond acceptors (Lipinski definition) is 5. The van der Waals surface area contributed by atoms with Crippen LogP contribution in [-0.4, -0.2) is 46.0 Å². The lowest BCUT2D eigenvalue weighted by atomic mass is 10.2. The van der Waals surface area contributed by atoms with E-state index in [2.05, 4.69) is 0 Å². The molecule has 0 spiro atoms. The number of para-hydroxylation sites is 1. The highest BCUT2D eigenvalue weighted by molar-refractivity contribution is 7.99. The molecular weight excluding hydrogens is 228 g/mol. The molecule has 16 heavy (non-hydrogen) atoms. The summed E-state index contributed by atoms with van der Waals surface area (Å²) in [6.45, 7) is 0.174. The van der Waals surface area contributed by atoms with Gasteiger partial charge in [-0.05, 0) is 12.1 Å². The fourth-order valence-corrected chi connectivity index (χ4v) is 2.59. The Kier molecular flexibility index (Phi) is 3.70. The van der Waals surface area contributed by atoms with Crippen molar-refractivity contribution in [3.63, 3.8) is 0 Å². The molecule has 1 saturated heterocycles. The van der Waals surface area contributed by atoms with Crippen molar-refractivity contribution in [2.45, 2.75) is 23.2 Å². The second-order valence-corrected chi connectivity index (χ2v) is 4.77.